The van der Waals surface area contributed by atoms with E-state index >= 15 is 0 Å². The maximum Gasteiger partial charge on any atom is 0.201 e. The largest absolute Gasteiger partial charge is 0.369 e. The molecule has 0 aliphatic carbocycles. The molecule has 18 heavy (non-hydrogen) atoms. The first kappa shape index (κ1) is 12.8. The second-order valence-electron chi connectivity index (χ2n) is 4.71. The number of nitrogen functional groups attached to an aromatic ring is 1. The Labute approximate surface area is 104 Å². The molecule has 0 fully saturated rings. The molecule has 0 saturated carbocycles. The van der Waals surface area contributed by atoms with Crippen LogP contribution in [0.5, 0.6) is 0 Å². The molecule has 4 nitrogen and oxygen atoms in total. The minimum Gasteiger partial charge on any atom is -0.369 e. The fraction of sp³-hybridized carbons (Fsp3) is 0.417. The second-order valence-corrected chi connectivity index (χ2v) is 4.71. The third kappa shape index (κ3) is 2.15. The van der Waals surface area contributed by atoms with Crippen molar-refractivity contribution in [2.24, 2.45) is 0 Å². The van der Waals surface area contributed by atoms with E-state index in [1.54, 1.807) is 4.57 Å². The molecule has 98 valence electrons. The van der Waals surface area contributed by atoms with Gasteiger partial charge in [-0.05, 0) is 21.0 Å². The van der Waals surface area contributed by atoms with E-state index in [4.69, 9.17) is 5.73 Å². The Kier molecular flexibility index (Phi) is 3.21. The molecule has 0 radical (unpaired) electrons. The number of aromatic nitrogens is 2. The van der Waals surface area contributed by atoms with Gasteiger partial charge in [0.2, 0.25) is 5.95 Å². The molecule has 1 atom stereocenters. The molecule has 0 amide bonds. The van der Waals surface area contributed by atoms with E-state index in [2.05, 4.69) is 4.98 Å². The van der Waals surface area contributed by atoms with Gasteiger partial charge < -0.3 is 15.2 Å². The Morgan fingerprint density at radius 3 is 2.67 bits per heavy atom. The molecule has 2 aromatic rings. The summed E-state index contributed by atoms with van der Waals surface area (Å²) in [6, 6.07) is 2.05. The topological polar surface area (TPSA) is 47.1 Å². The summed E-state index contributed by atoms with van der Waals surface area (Å²) in [4.78, 5) is 5.94. The van der Waals surface area contributed by atoms with Gasteiger partial charge in [-0.1, -0.05) is 0 Å². The zero-order valence-electron chi connectivity index (χ0n) is 10.6. The van der Waals surface area contributed by atoms with Crippen LogP contribution in [0, 0.1) is 11.6 Å². The van der Waals surface area contributed by atoms with Gasteiger partial charge in [0.05, 0.1) is 5.52 Å². The molecule has 1 aromatic carbocycles. The number of nitrogens with zero attached hydrogens (tertiary/aromatic N) is 3. The lowest BCUT2D eigenvalue weighted by Crippen LogP contribution is -2.23. The average molecular weight is 254 g/mol. The molecule has 0 aliphatic heterocycles. The highest BCUT2D eigenvalue weighted by Gasteiger charge is 2.18. The van der Waals surface area contributed by atoms with Crippen LogP contribution in [0.3, 0.4) is 0 Å². The van der Waals surface area contributed by atoms with E-state index in [0.29, 0.717) is 12.1 Å². The van der Waals surface area contributed by atoms with Crippen molar-refractivity contribution >= 4 is 17.0 Å². The van der Waals surface area contributed by atoms with Crippen molar-refractivity contribution in [3.05, 3.63) is 23.8 Å². The number of anilines is 1. The summed E-state index contributed by atoms with van der Waals surface area (Å²) in [6.07, 6.45) is 0. The molecular formula is C12H16F2N4. The monoisotopic (exact) mass is 254 g/mol. The Morgan fingerprint density at radius 1 is 1.39 bits per heavy atom. The highest BCUT2D eigenvalue weighted by atomic mass is 19.1. The van der Waals surface area contributed by atoms with E-state index in [0.717, 1.165) is 6.07 Å². The van der Waals surface area contributed by atoms with Crippen LogP contribution >= 0.6 is 0 Å². The fourth-order valence-corrected chi connectivity index (χ4v) is 2.21. The van der Waals surface area contributed by atoms with Crippen molar-refractivity contribution in [1.29, 1.82) is 0 Å². The predicted molar refractivity (Wildman–Crippen MR) is 67.3 cm³/mol. The lowest BCUT2D eigenvalue weighted by Gasteiger charge is -2.20. The van der Waals surface area contributed by atoms with Crippen molar-refractivity contribution in [1.82, 2.24) is 14.5 Å². The van der Waals surface area contributed by atoms with Crippen molar-refractivity contribution in [3.8, 4) is 0 Å². The molecule has 0 bridgehead atoms. The summed E-state index contributed by atoms with van der Waals surface area (Å²) < 4.78 is 28.5. The van der Waals surface area contributed by atoms with E-state index in [-0.39, 0.29) is 17.5 Å². The first-order valence-electron chi connectivity index (χ1n) is 5.67. The van der Waals surface area contributed by atoms with Gasteiger partial charge in [-0.2, -0.15) is 0 Å². The molecule has 0 aliphatic rings. The van der Waals surface area contributed by atoms with Gasteiger partial charge in [0.25, 0.3) is 0 Å². The minimum atomic E-state index is -0.687. The summed E-state index contributed by atoms with van der Waals surface area (Å²) in [5, 5.41) is 0. The van der Waals surface area contributed by atoms with Gasteiger partial charge in [-0.3, -0.25) is 0 Å². The maximum absolute atomic E-state index is 13.6. The average Bonchev–Trinajstić information content (AvgIpc) is 2.53. The van der Waals surface area contributed by atoms with Crippen LogP contribution in [0.1, 0.15) is 13.0 Å². The number of likely N-dealkylation sites (N-methyl/N-ethyl adjacent to an activating group) is 1. The van der Waals surface area contributed by atoms with E-state index in [1.807, 2.05) is 25.9 Å². The molecule has 1 heterocycles. The first-order chi connectivity index (χ1) is 8.40. The Hall–Kier alpha value is -1.69. The molecule has 0 saturated heterocycles. The number of halogens is 2. The van der Waals surface area contributed by atoms with Crippen molar-refractivity contribution in [2.45, 2.75) is 13.0 Å². The van der Waals surface area contributed by atoms with Crippen LogP contribution < -0.4 is 5.73 Å². The van der Waals surface area contributed by atoms with Crippen LogP contribution in [0.15, 0.2) is 12.1 Å². The van der Waals surface area contributed by atoms with Crippen LogP contribution in [-0.2, 0) is 0 Å². The molecule has 2 N–H and O–H groups in total. The third-order valence-corrected chi connectivity index (χ3v) is 2.81. The molecule has 0 spiro atoms. The molecule has 1 unspecified atom stereocenters. The van der Waals surface area contributed by atoms with Gasteiger partial charge in [-0.25, -0.2) is 13.8 Å². The number of hydrogen-bond acceptors (Lipinski definition) is 3. The first-order valence-corrected chi connectivity index (χ1v) is 5.67. The predicted octanol–water partition coefficient (Wildman–Crippen LogP) is 2.02. The van der Waals surface area contributed by atoms with Gasteiger partial charge in [0, 0.05) is 24.7 Å². The number of fused-ring (bicyclic) bond motifs is 1. The van der Waals surface area contributed by atoms with Crippen molar-refractivity contribution < 1.29 is 8.78 Å². The molecular weight excluding hydrogens is 238 g/mol. The van der Waals surface area contributed by atoms with Crippen LogP contribution in [0.2, 0.25) is 0 Å². The van der Waals surface area contributed by atoms with Gasteiger partial charge >= 0.3 is 0 Å². The summed E-state index contributed by atoms with van der Waals surface area (Å²) in [5.41, 5.74) is 6.29. The highest BCUT2D eigenvalue weighted by Crippen LogP contribution is 2.25. The summed E-state index contributed by atoms with van der Waals surface area (Å²) in [7, 11) is 3.85. The summed E-state index contributed by atoms with van der Waals surface area (Å²) >= 11 is 0. The molecule has 2 rings (SSSR count). The van der Waals surface area contributed by atoms with Crippen LogP contribution in [0.25, 0.3) is 11.0 Å². The highest BCUT2D eigenvalue weighted by molar-refractivity contribution is 5.79. The van der Waals surface area contributed by atoms with Crippen LogP contribution in [0.4, 0.5) is 14.7 Å². The lowest BCUT2D eigenvalue weighted by molar-refractivity contribution is 0.342. The Morgan fingerprint density at radius 2 is 2.06 bits per heavy atom. The van der Waals surface area contributed by atoms with E-state index in [1.165, 1.54) is 6.07 Å². The number of hydrogen-bond donors (Lipinski definition) is 1. The SMILES string of the molecule is CC(CN(C)C)n1c(N)nc2c(F)cc(F)cc21. The van der Waals surface area contributed by atoms with Gasteiger partial charge in [0.1, 0.15) is 11.3 Å². The smallest absolute Gasteiger partial charge is 0.201 e. The lowest BCUT2D eigenvalue weighted by atomic mass is 10.2. The molecule has 1 aromatic heterocycles. The van der Waals surface area contributed by atoms with Gasteiger partial charge in [0.15, 0.2) is 5.82 Å². The Balaban J connectivity index is 2.59. The zero-order valence-corrected chi connectivity index (χ0v) is 10.6. The summed E-state index contributed by atoms with van der Waals surface area (Å²) in [6.45, 7) is 2.63. The van der Waals surface area contributed by atoms with Crippen LogP contribution in [-0.4, -0.2) is 35.1 Å². The third-order valence-electron chi connectivity index (χ3n) is 2.81. The number of rotatable bonds is 3. The number of imidazole rings is 1. The van der Waals surface area contributed by atoms with Gasteiger partial charge in [-0.15, -0.1) is 0 Å². The quantitative estimate of drug-likeness (QED) is 0.911. The van der Waals surface area contributed by atoms with E-state index in [9.17, 15) is 8.78 Å². The fourth-order valence-electron chi connectivity index (χ4n) is 2.21. The number of benzene rings is 1. The second kappa shape index (κ2) is 4.53. The summed E-state index contributed by atoms with van der Waals surface area (Å²) in [5.74, 6) is -1.12. The normalized spacial score (nSPS) is 13.4. The number of nitrogens with two attached hydrogens (primary N) is 1. The maximum atomic E-state index is 13.6. The van der Waals surface area contributed by atoms with E-state index < -0.39 is 11.6 Å². The molecule has 6 heteroatoms. The standard InChI is InChI=1S/C12H16F2N4/c1-7(6-17(2)3)18-10-5-8(13)4-9(14)11(10)16-12(18)15/h4-5,7H,6H2,1-3H3,(H2,15,16). The van der Waals surface area contributed by atoms with Crippen molar-refractivity contribution in [2.75, 3.05) is 26.4 Å². The minimum absolute atomic E-state index is 0.0220. The van der Waals surface area contributed by atoms with Crippen molar-refractivity contribution in [3.63, 3.8) is 0 Å². The Bertz CT molecular complexity index is 577. The zero-order chi connectivity index (χ0) is 13.4.